The van der Waals surface area contributed by atoms with E-state index in [1.165, 1.54) is 6.34 Å². The molecule has 0 saturated carbocycles. The molecule has 1 rings (SSSR count). The summed E-state index contributed by atoms with van der Waals surface area (Å²) in [6.45, 7) is 0. The Morgan fingerprint density at radius 1 is 1.88 bits per heavy atom. The van der Waals surface area contributed by atoms with Gasteiger partial charge >= 0.3 is 0 Å². The lowest BCUT2D eigenvalue weighted by atomic mass is 10.5. The number of nitrogens with zero attached hydrogens (tertiary/aromatic N) is 2. The van der Waals surface area contributed by atoms with Crippen molar-refractivity contribution in [2.24, 2.45) is 15.7 Å². The smallest absolute Gasteiger partial charge is 0.277 e. The molecule has 0 spiro atoms. The lowest BCUT2D eigenvalue weighted by molar-refractivity contribution is -0.114. The van der Waals surface area contributed by atoms with Gasteiger partial charge in [-0.05, 0) is 0 Å². The number of carbonyl (C=O) groups is 1. The number of aliphatic imine (C=N–C) groups is 2. The van der Waals surface area contributed by atoms with Crippen LogP contribution in [0.4, 0.5) is 0 Å². The molecule has 40 valence electrons. The highest BCUT2D eigenvalue weighted by Crippen LogP contribution is 1.90. The summed E-state index contributed by atoms with van der Waals surface area (Å²) >= 11 is 0. The van der Waals surface area contributed by atoms with Crippen LogP contribution < -0.4 is 5.73 Å². The van der Waals surface area contributed by atoms with Gasteiger partial charge in [-0.3, -0.25) is 4.79 Å². The first-order valence-corrected chi connectivity index (χ1v) is 1.96. The first kappa shape index (κ1) is 4.74. The maximum Gasteiger partial charge on any atom is 0.277 e. The highest BCUT2D eigenvalue weighted by Gasteiger charge is 2.01. The summed E-state index contributed by atoms with van der Waals surface area (Å²) in [4.78, 5) is 17.0. The molecule has 8 heavy (non-hydrogen) atoms. The molecule has 0 aromatic carbocycles. The lowest BCUT2D eigenvalue weighted by Crippen LogP contribution is -2.11. The third-order valence-electron chi connectivity index (χ3n) is 0.648. The molecule has 0 unspecified atom stereocenters. The van der Waals surface area contributed by atoms with Crippen molar-refractivity contribution < 1.29 is 4.79 Å². The number of hydrogen-bond donors (Lipinski definition) is 1. The molecule has 2 N–H and O–H groups in total. The fourth-order valence-corrected chi connectivity index (χ4v) is 0.324. The molecule has 4 nitrogen and oxygen atoms in total. The van der Waals surface area contributed by atoms with Gasteiger partial charge in [0.25, 0.3) is 5.91 Å². The molecule has 1 aliphatic rings. The Kier molecular flexibility index (Phi) is 0.946. The summed E-state index contributed by atoms with van der Waals surface area (Å²) in [6.07, 6.45) is 1.22. The summed E-state index contributed by atoms with van der Waals surface area (Å²) in [7, 11) is 0. The minimum Gasteiger partial charge on any atom is -0.364 e. The van der Waals surface area contributed by atoms with Crippen molar-refractivity contribution in [2.45, 2.75) is 0 Å². The van der Waals surface area contributed by atoms with Crippen LogP contribution in [0.25, 0.3) is 0 Å². The normalized spacial score (nSPS) is 14.2. The first-order chi connectivity index (χ1) is 3.80. The van der Waals surface area contributed by atoms with Crippen molar-refractivity contribution in [1.82, 2.24) is 0 Å². The number of carbonyl (C=O) groups excluding carboxylic acids is 1. The highest BCUT2D eigenvalue weighted by atomic mass is 16.1. The van der Waals surface area contributed by atoms with Crippen molar-refractivity contribution in [1.29, 1.82) is 0 Å². The van der Waals surface area contributed by atoms with Gasteiger partial charge in [-0.2, -0.15) is 4.99 Å². The molecule has 0 radical (unpaired) electrons. The van der Waals surface area contributed by atoms with Crippen LogP contribution in [0.2, 0.25) is 0 Å². The summed E-state index contributed by atoms with van der Waals surface area (Å²) < 4.78 is 0. The van der Waals surface area contributed by atoms with Gasteiger partial charge in [0.2, 0.25) is 0 Å². The van der Waals surface area contributed by atoms with E-state index >= 15 is 0 Å². The molecular weight excluding hydrogens is 106 g/mol. The molecule has 0 aromatic rings. The van der Waals surface area contributed by atoms with Crippen LogP contribution in [-0.4, -0.2) is 18.1 Å². The summed E-state index contributed by atoms with van der Waals surface area (Å²) in [6, 6.07) is 0. The van der Waals surface area contributed by atoms with Gasteiger partial charge < -0.3 is 5.73 Å². The van der Waals surface area contributed by atoms with Crippen molar-refractivity contribution in [3.8, 4) is 0 Å². The van der Waals surface area contributed by atoms with E-state index in [-0.39, 0.29) is 5.70 Å². The molecule has 0 aliphatic carbocycles. The van der Waals surface area contributed by atoms with Gasteiger partial charge in [0.1, 0.15) is 6.34 Å². The molecular formula is C4H3N3O. The van der Waals surface area contributed by atoms with E-state index in [1.54, 1.807) is 0 Å². The van der Waals surface area contributed by atoms with Gasteiger partial charge in [0, 0.05) is 5.87 Å². The summed E-state index contributed by atoms with van der Waals surface area (Å²) in [5, 5.41) is 0. The molecule has 0 bridgehead atoms. The number of primary amides is 1. The molecule has 0 fully saturated rings. The van der Waals surface area contributed by atoms with E-state index in [2.05, 4.69) is 15.9 Å². The predicted molar refractivity (Wildman–Crippen MR) is 28.6 cm³/mol. The van der Waals surface area contributed by atoms with E-state index in [1.807, 2.05) is 0 Å². The predicted octanol–water partition coefficient (Wildman–Crippen LogP) is -0.933. The Bertz CT molecular complexity index is 209. The van der Waals surface area contributed by atoms with Crippen LogP contribution >= 0.6 is 0 Å². The maximum atomic E-state index is 10.2. The molecule has 0 aromatic heterocycles. The molecule has 1 amide bonds. The maximum absolute atomic E-state index is 10.2. The average Bonchev–Trinajstić information content (AvgIpc) is 2.12. The first-order valence-electron chi connectivity index (χ1n) is 1.96. The van der Waals surface area contributed by atoms with Crippen LogP contribution in [-0.2, 0) is 4.79 Å². The Morgan fingerprint density at radius 3 is 2.88 bits per heavy atom. The molecule has 0 saturated heterocycles. The highest BCUT2D eigenvalue weighted by molar-refractivity contribution is 6.04. The standard InChI is InChI=1S/C4H3N3O/c5-4(8)3-1-6-2-7-3/h2H,(H2,5,8). The topological polar surface area (TPSA) is 67.8 Å². The van der Waals surface area contributed by atoms with Crippen LogP contribution in [0.5, 0.6) is 0 Å². The van der Waals surface area contributed by atoms with Gasteiger partial charge in [0.05, 0.1) is 0 Å². The Balaban J connectivity index is 2.90. The van der Waals surface area contributed by atoms with Crippen LogP contribution in [0.1, 0.15) is 0 Å². The van der Waals surface area contributed by atoms with E-state index < -0.39 is 5.91 Å². The number of rotatable bonds is 1. The quantitative estimate of drug-likeness (QED) is 0.464. The number of nitrogens with two attached hydrogens (primary N) is 1. The second-order valence-electron chi connectivity index (χ2n) is 1.20. The fraction of sp³-hybridized carbons (Fsp3) is 0. The second-order valence-corrected chi connectivity index (χ2v) is 1.20. The van der Waals surface area contributed by atoms with Crippen molar-refractivity contribution in [3.05, 3.63) is 5.70 Å². The van der Waals surface area contributed by atoms with Gasteiger partial charge in [-0.25, -0.2) is 4.99 Å². The average molecular weight is 109 g/mol. The van der Waals surface area contributed by atoms with Gasteiger partial charge in [0.15, 0.2) is 5.70 Å². The van der Waals surface area contributed by atoms with Crippen LogP contribution in [0, 0.1) is 0 Å². The van der Waals surface area contributed by atoms with Crippen LogP contribution in [0.15, 0.2) is 15.7 Å². The molecule has 0 atom stereocenters. The van der Waals surface area contributed by atoms with Crippen LogP contribution in [0.3, 0.4) is 0 Å². The van der Waals surface area contributed by atoms with E-state index in [0.717, 1.165) is 0 Å². The fourth-order valence-electron chi connectivity index (χ4n) is 0.324. The Labute approximate surface area is 45.4 Å². The summed E-state index contributed by atoms with van der Waals surface area (Å²) in [5.41, 5.74) is 4.87. The number of hydrogen-bond acceptors (Lipinski definition) is 3. The lowest BCUT2D eigenvalue weighted by Gasteiger charge is -1.80. The van der Waals surface area contributed by atoms with Crippen molar-refractivity contribution >= 4 is 18.1 Å². The minimum atomic E-state index is -0.595. The largest absolute Gasteiger partial charge is 0.364 e. The SMILES string of the molecule is NC(=O)C1=C=NC=N1. The Hall–Kier alpha value is -1.41. The number of amides is 1. The molecule has 1 aliphatic heterocycles. The zero-order valence-electron chi connectivity index (χ0n) is 3.96. The van der Waals surface area contributed by atoms with Gasteiger partial charge in [-0.15, -0.1) is 0 Å². The van der Waals surface area contributed by atoms with Crippen molar-refractivity contribution in [2.75, 3.05) is 0 Å². The Morgan fingerprint density at radius 2 is 2.62 bits per heavy atom. The van der Waals surface area contributed by atoms with Gasteiger partial charge in [-0.1, -0.05) is 0 Å². The minimum absolute atomic E-state index is 0.0880. The van der Waals surface area contributed by atoms with E-state index in [0.29, 0.717) is 0 Å². The van der Waals surface area contributed by atoms with E-state index in [4.69, 9.17) is 5.73 Å². The zero-order valence-corrected chi connectivity index (χ0v) is 3.96. The zero-order chi connectivity index (χ0) is 5.98. The third-order valence-corrected chi connectivity index (χ3v) is 0.648. The van der Waals surface area contributed by atoms with E-state index in [9.17, 15) is 4.79 Å². The third kappa shape index (κ3) is 0.643. The molecule has 4 heteroatoms. The second kappa shape index (κ2) is 1.60. The molecule has 1 heterocycles. The van der Waals surface area contributed by atoms with Crippen molar-refractivity contribution in [3.63, 3.8) is 0 Å². The summed E-state index contributed by atoms with van der Waals surface area (Å²) in [5.74, 6) is 1.71. The monoisotopic (exact) mass is 109 g/mol.